The minimum Gasteiger partial charge on any atom is -0.495 e. The number of methoxy groups -OCH3 is 1. The van der Waals surface area contributed by atoms with Gasteiger partial charge in [-0.1, -0.05) is 12.1 Å². The molecule has 0 saturated carbocycles. The number of benzene rings is 1. The second-order valence-corrected chi connectivity index (χ2v) is 5.33. The van der Waals surface area contributed by atoms with Crippen molar-refractivity contribution in [3.05, 3.63) is 24.3 Å². The third-order valence-electron chi connectivity index (χ3n) is 4.13. The van der Waals surface area contributed by atoms with Gasteiger partial charge in [0.1, 0.15) is 5.75 Å². The van der Waals surface area contributed by atoms with Crippen LogP contribution in [0.2, 0.25) is 0 Å². The molecule has 0 bridgehead atoms. The summed E-state index contributed by atoms with van der Waals surface area (Å²) in [6.07, 6.45) is 1.14. The summed E-state index contributed by atoms with van der Waals surface area (Å²) in [5.74, 6) is 0.940. The van der Waals surface area contributed by atoms with Gasteiger partial charge in [0.05, 0.1) is 12.8 Å². The molecule has 0 spiro atoms. The van der Waals surface area contributed by atoms with Gasteiger partial charge < -0.3 is 20.3 Å². The van der Waals surface area contributed by atoms with Crippen LogP contribution in [-0.2, 0) is 0 Å². The van der Waals surface area contributed by atoms with Crippen molar-refractivity contribution in [3.8, 4) is 5.75 Å². The van der Waals surface area contributed by atoms with E-state index in [1.165, 1.54) is 5.69 Å². The van der Waals surface area contributed by atoms with Crippen molar-refractivity contribution in [2.75, 3.05) is 38.7 Å². The summed E-state index contributed by atoms with van der Waals surface area (Å²) in [4.78, 5) is 4.80. The van der Waals surface area contributed by atoms with Crippen LogP contribution in [-0.4, -0.2) is 50.8 Å². The fourth-order valence-corrected chi connectivity index (χ4v) is 2.73. The number of nitrogens with two attached hydrogens (primary N) is 1. The lowest BCUT2D eigenvalue weighted by Crippen LogP contribution is -2.45. The number of hydrogen-bond donors (Lipinski definition) is 1. The van der Waals surface area contributed by atoms with Crippen LogP contribution in [0.1, 0.15) is 13.3 Å². The Morgan fingerprint density at radius 2 is 2.11 bits per heavy atom. The van der Waals surface area contributed by atoms with Crippen LogP contribution in [0.15, 0.2) is 24.3 Å². The van der Waals surface area contributed by atoms with Crippen molar-refractivity contribution < 1.29 is 4.74 Å². The molecule has 0 amide bonds. The largest absolute Gasteiger partial charge is 0.495 e. The third kappa shape index (κ3) is 3.01. The fraction of sp³-hybridized carbons (Fsp3) is 0.600. The van der Waals surface area contributed by atoms with Crippen molar-refractivity contribution in [1.82, 2.24) is 4.90 Å². The Kier molecular flexibility index (Phi) is 4.66. The highest BCUT2D eigenvalue weighted by Gasteiger charge is 2.27. The second kappa shape index (κ2) is 6.26. The van der Waals surface area contributed by atoms with Gasteiger partial charge in [-0.3, -0.25) is 0 Å². The van der Waals surface area contributed by atoms with Gasteiger partial charge in [-0.25, -0.2) is 0 Å². The van der Waals surface area contributed by atoms with Crippen LogP contribution in [0.4, 0.5) is 5.69 Å². The van der Waals surface area contributed by atoms with Gasteiger partial charge in [0.15, 0.2) is 0 Å². The van der Waals surface area contributed by atoms with E-state index in [4.69, 9.17) is 10.5 Å². The molecule has 19 heavy (non-hydrogen) atoms. The summed E-state index contributed by atoms with van der Waals surface area (Å²) < 4.78 is 5.50. The van der Waals surface area contributed by atoms with Gasteiger partial charge in [0.2, 0.25) is 0 Å². The first-order valence-corrected chi connectivity index (χ1v) is 6.97. The van der Waals surface area contributed by atoms with Gasteiger partial charge in [0.25, 0.3) is 0 Å². The number of rotatable bonds is 3. The first-order valence-electron chi connectivity index (χ1n) is 6.97. The second-order valence-electron chi connectivity index (χ2n) is 5.33. The predicted molar refractivity (Wildman–Crippen MR) is 79.9 cm³/mol. The maximum atomic E-state index is 5.92. The Balaban J connectivity index is 2.29. The normalized spacial score (nSPS) is 25.2. The van der Waals surface area contributed by atoms with Crippen molar-refractivity contribution in [2.24, 2.45) is 5.73 Å². The molecule has 4 heteroatoms. The van der Waals surface area contributed by atoms with Crippen molar-refractivity contribution in [3.63, 3.8) is 0 Å². The van der Waals surface area contributed by atoms with Crippen LogP contribution in [0, 0.1) is 0 Å². The van der Waals surface area contributed by atoms with Crippen molar-refractivity contribution in [2.45, 2.75) is 25.4 Å². The quantitative estimate of drug-likeness (QED) is 0.898. The maximum Gasteiger partial charge on any atom is 0.142 e. The van der Waals surface area contributed by atoms with E-state index >= 15 is 0 Å². The monoisotopic (exact) mass is 263 g/mol. The SMILES string of the molecule is COc1ccccc1N1CC(CN)N(C)CCC1C. The summed E-state index contributed by atoms with van der Waals surface area (Å²) in [6.45, 7) is 5.01. The van der Waals surface area contributed by atoms with Crippen LogP contribution in [0.5, 0.6) is 5.75 Å². The zero-order valence-electron chi connectivity index (χ0n) is 12.2. The van der Waals surface area contributed by atoms with Gasteiger partial charge in [0, 0.05) is 31.7 Å². The minimum atomic E-state index is 0.398. The Labute approximate surface area is 116 Å². The van der Waals surface area contributed by atoms with E-state index in [1.807, 2.05) is 12.1 Å². The van der Waals surface area contributed by atoms with Gasteiger partial charge >= 0.3 is 0 Å². The minimum absolute atomic E-state index is 0.398. The topological polar surface area (TPSA) is 41.7 Å². The summed E-state index contributed by atoms with van der Waals surface area (Å²) in [6, 6.07) is 9.13. The highest BCUT2D eigenvalue weighted by atomic mass is 16.5. The molecule has 1 saturated heterocycles. The number of likely N-dealkylation sites (N-methyl/N-ethyl adjacent to an activating group) is 1. The Bertz CT molecular complexity index is 410. The van der Waals surface area contributed by atoms with Crippen LogP contribution >= 0.6 is 0 Å². The molecule has 0 radical (unpaired) electrons. The van der Waals surface area contributed by atoms with Gasteiger partial charge in [-0.05, 0) is 32.5 Å². The third-order valence-corrected chi connectivity index (χ3v) is 4.13. The van der Waals surface area contributed by atoms with Gasteiger partial charge in [-0.2, -0.15) is 0 Å². The first kappa shape index (κ1) is 14.2. The summed E-state index contributed by atoms with van der Waals surface area (Å²) >= 11 is 0. The van der Waals surface area contributed by atoms with E-state index in [1.54, 1.807) is 7.11 Å². The average Bonchev–Trinajstić information content (AvgIpc) is 2.59. The lowest BCUT2D eigenvalue weighted by atomic mass is 10.1. The molecule has 2 unspecified atom stereocenters. The molecule has 1 aromatic rings. The summed E-state index contributed by atoms with van der Waals surface area (Å²) in [5, 5.41) is 0. The van der Waals surface area contributed by atoms with Gasteiger partial charge in [-0.15, -0.1) is 0 Å². The molecule has 1 fully saturated rings. The van der Waals surface area contributed by atoms with Crippen LogP contribution in [0.3, 0.4) is 0 Å². The zero-order valence-corrected chi connectivity index (χ0v) is 12.2. The molecule has 1 aromatic carbocycles. The van der Waals surface area contributed by atoms with Crippen LogP contribution in [0.25, 0.3) is 0 Å². The lowest BCUT2D eigenvalue weighted by Gasteiger charge is -2.33. The smallest absolute Gasteiger partial charge is 0.142 e. The number of ether oxygens (including phenoxy) is 1. The average molecular weight is 263 g/mol. The molecular weight excluding hydrogens is 238 g/mol. The van der Waals surface area contributed by atoms with E-state index in [2.05, 4.69) is 35.9 Å². The summed E-state index contributed by atoms with van der Waals surface area (Å²) in [7, 11) is 3.89. The first-order chi connectivity index (χ1) is 9.17. The maximum absolute atomic E-state index is 5.92. The molecule has 0 aromatic heterocycles. The predicted octanol–water partition coefficient (Wildman–Crippen LogP) is 1.55. The lowest BCUT2D eigenvalue weighted by molar-refractivity contribution is 0.265. The van der Waals surface area contributed by atoms with Crippen molar-refractivity contribution >= 4 is 5.69 Å². The standard InChI is InChI=1S/C15H25N3O/c1-12-8-9-17(2)13(10-16)11-18(12)14-6-4-5-7-15(14)19-3/h4-7,12-13H,8-11,16H2,1-3H3. The number of hydrogen-bond acceptors (Lipinski definition) is 4. The summed E-state index contributed by atoms with van der Waals surface area (Å²) in [5.41, 5.74) is 7.09. The molecule has 1 aliphatic rings. The number of anilines is 1. The number of nitrogens with zero attached hydrogens (tertiary/aromatic N) is 2. The Hall–Kier alpha value is -1.26. The highest BCUT2D eigenvalue weighted by molar-refractivity contribution is 5.59. The molecular formula is C15H25N3O. The zero-order chi connectivity index (χ0) is 13.8. The number of para-hydroxylation sites is 2. The molecule has 106 valence electrons. The highest BCUT2D eigenvalue weighted by Crippen LogP contribution is 2.31. The Morgan fingerprint density at radius 3 is 2.79 bits per heavy atom. The van der Waals surface area contributed by atoms with E-state index in [9.17, 15) is 0 Å². The Morgan fingerprint density at radius 1 is 1.37 bits per heavy atom. The van der Waals surface area contributed by atoms with E-state index < -0.39 is 0 Å². The van der Waals surface area contributed by atoms with Crippen LogP contribution < -0.4 is 15.4 Å². The molecule has 1 aliphatic heterocycles. The van der Waals surface area contributed by atoms with E-state index in [0.29, 0.717) is 18.6 Å². The van der Waals surface area contributed by atoms with Crippen molar-refractivity contribution in [1.29, 1.82) is 0 Å². The fourth-order valence-electron chi connectivity index (χ4n) is 2.73. The molecule has 0 aliphatic carbocycles. The molecule has 1 heterocycles. The van der Waals surface area contributed by atoms with E-state index in [-0.39, 0.29) is 0 Å². The molecule has 2 rings (SSSR count). The molecule has 4 nitrogen and oxygen atoms in total. The molecule has 2 N–H and O–H groups in total. The van der Waals surface area contributed by atoms with E-state index in [0.717, 1.165) is 25.3 Å². The molecule has 2 atom stereocenters.